The first-order chi connectivity index (χ1) is 8.88. The zero-order valence-electron chi connectivity index (χ0n) is 11.5. The first-order valence-electron chi connectivity index (χ1n) is 5.89. The lowest BCUT2D eigenvalue weighted by molar-refractivity contribution is 0.692. The van der Waals surface area contributed by atoms with Crippen LogP contribution in [0.25, 0.3) is 0 Å². The summed E-state index contributed by atoms with van der Waals surface area (Å²) in [7, 11) is 1.89. The van der Waals surface area contributed by atoms with Crippen LogP contribution in [0.2, 0.25) is 0 Å². The number of nitrogen functional groups attached to an aromatic ring is 1. The normalized spacial score (nSPS) is 10.7. The average molecular weight is 275 g/mol. The Balaban J connectivity index is 2.50. The molecule has 0 unspecified atom stereocenters. The lowest BCUT2D eigenvalue weighted by Crippen LogP contribution is -2.15. The van der Waals surface area contributed by atoms with Gasteiger partial charge in [-0.15, -0.1) is 0 Å². The van der Waals surface area contributed by atoms with Gasteiger partial charge in [0.05, 0.1) is 11.3 Å². The fourth-order valence-electron chi connectivity index (χ4n) is 1.99. The van der Waals surface area contributed by atoms with Gasteiger partial charge in [-0.3, -0.25) is 10.1 Å². The third-order valence-electron chi connectivity index (χ3n) is 2.74. The van der Waals surface area contributed by atoms with Gasteiger partial charge in [0, 0.05) is 12.7 Å². The van der Waals surface area contributed by atoms with E-state index in [9.17, 15) is 0 Å². The van der Waals surface area contributed by atoms with E-state index in [0.717, 1.165) is 27.0 Å². The van der Waals surface area contributed by atoms with Crippen molar-refractivity contribution < 1.29 is 0 Å². The van der Waals surface area contributed by atoms with E-state index in [4.69, 9.17) is 11.1 Å². The van der Waals surface area contributed by atoms with Gasteiger partial charge in [-0.25, -0.2) is 4.98 Å². The molecule has 0 aliphatic heterocycles. The van der Waals surface area contributed by atoms with Gasteiger partial charge in [0.25, 0.3) is 0 Å². The number of aryl methyl sites for hydroxylation is 4. The van der Waals surface area contributed by atoms with Crippen molar-refractivity contribution in [3.05, 3.63) is 34.6 Å². The molecule has 0 fully saturated rings. The van der Waals surface area contributed by atoms with Crippen LogP contribution in [0, 0.1) is 26.2 Å². The Morgan fingerprint density at radius 1 is 1.26 bits per heavy atom. The Morgan fingerprint density at radius 3 is 2.47 bits per heavy atom. The molecule has 0 aliphatic carbocycles. The smallest absolute Gasteiger partial charge is 0.125 e. The van der Waals surface area contributed by atoms with E-state index in [1.807, 2.05) is 44.6 Å². The highest BCUT2D eigenvalue weighted by Gasteiger charge is 2.15. The van der Waals surface area contributed by atoms with Crippen LogP contribution in [0.4, 0.5) is 0 Å². The fourth-order valence-corrected chi connectivity index (χ4v) is 3.15. The van der Waals surface area contributed by atoms with Crippen molar-refractivity contribution >= 4 is 17.6 Å². The standard InChI is InChI=1S/C13H17N5S/c1-7-5-8(2)16-13(11(7)12(14)15)19-10-6-9(3)17-18(10)4/h5-6H,1-4H3,(H3,14,15). The van der Waals surface area contributed by atoms with Crippen LogP contribution in [0.5, 0.6) is 0 Å². The molecule has 0 saturated carbocycles. The minimum atomic E-state index is 0.0476. The monoisotopic (exact) mass is 275 g/mol. The Kier molecular flexibility index (Phi) is 3.61. The quantitative estimate of drug-likeness (QED) is 0.664. The summed E-state index contributed by atoms with van der Waals surface area (Å²) in [5.41, 5.74) is 9.22. The maximum absolute atomic E-state index is 7.71. The van der Waals surface area contributed by atoms with Gasteiger partial charge in [-0.05, 0) is 50.2 Å². The topological polar surface area (TPSA) is 80.6 Å². The molecular weight excluding hydrogens is 258 g/mol. The maximum Gasteiger partial charge on any atom is 0.125 e. The van der Waals surface area contributed by atoms with Gasteiger partial charge >= 0.3 is 0 Å². The second kappa shape index (κ2) is 5.05. The maximum atomic E-state index is 7.71. The highest BCUT2D eigenvalue weighted by molar-refractivity contribution is 7.99. The summed E-state index contributed by atoms with van der Waals surface area (Å²) in [4.78, 5) is 4.50. The number of rotatable bonds is 3. The van der Waals surface area contributed by atoms with Gasteiger partial charge in [-0.1, -0.05) is 0 Å². The molecular formula is C13H17N5S. The number of nitrogens with zero attached hydrogens (tertiary/aromatic N) is 3. The molecule has 0 aliphatic rings. The zero-order chi connectivity index (χ0) is 14.2. The average Bonchev–Trinajstić information content (AvgIpc) is 2.55. The fraction of sp³-hybridized carbons (Fsp3) is 0.308. The summed E-state index contributed by atoms with van der Waals surface area (Å²) in [6, 6.07) is 3.93. The molecule has 5 nitrogen and oxygen atoms in total. The van der Waals surface area contributed by atoms with Crippen LogP contribution in [0.15, 0.2) is 22.2 Å². The number of nitrogens with one attached hydrogen (secondary N) is 1. The van der Waals surface area contributed by atoms with E-state index in [1.54, 1.807) is 0 Å². The number of nitrogens with two attached hydrogens (primary N) is 1. The number of hydrogen-bond donors (Lipinski definition) is 2. The molecule has 6 heteroatoms. The van der Waals surface area contributed by atoms with E-state index in [1.165, 1.54) is 11.8 Å². The predicted octanol–water partition coefficient (Wildman–Crippen LogP) is 2.18. The van der Waals surface area contributed by atoms with Crippen LogP contribution >= 0.6 is 11.8 Å². The molecule has 0 spiro atoms. The molecule has 0 atom stereocenters. The van der Waals surface area contributed by atoms with Gasteiger partial charge < -0.3 is 5.73 Å². The van der Waals surface area contributed by atoms with Crippen LogP contribution in [-0.4, -0.2) is 20.6 Å². The number of hydrogen-bond acceptors (Lipinski definition) is 4. The third-order valence-corrected chi connectivity index (χ3v) is 3.82. The molecule has 0 bridgehead atoms. The van der Waals surface area contributed by atoms with Crippen LogP contribution in [0.3, 0.4) is 0 Å². The van der Waals surface area contributed by atoms with Crippen LogP contribution in [0.1, 0.15) is 22.5 Å². The van der Waals surface area contributed by atoms with E-state index in [-0.39, 0.29) is 5.84 Å². The van der Waals surface area contributed by atoms with Gasteiger partial charge in [0.2, 0.25) is 0 Å². The zero-order valence-corrected chi connectivity index (χ0v) is 12.3. The van der Waals surface area contributed by atoms with Gasteiger partial charge in [0.15, 0.2) is 0 Å². The van der Waals surface area contributed by atoms with Gasteiger partial charge in [0.1, 0.15) is 15.9 Å². The Hall–Kier alpha value is -1.82. The molecule has 0 radical (unpaired) electrons. The molecule has 2 rings (SSSR count). The second-order valence-electron chi connectivity index (χ2n) is 4.52. The lowest BCUT2D eigenvalue weighted by Gasteiger charge is -2.11. The van der Waals surface area contributed by atoms with Gasteiger partial charge in [-0.2, -0.15) is 5.10 Å². The van der Waals surface area contributed by atoms with Crippen LogP contribution in [-0.2, 0) is 7.05 Å². The first kappa shape index (κ1) is 13.6. The Bertz CT molecular complexity index is 645. The molecule has 100 valence electrons. The minimum absolute atomic E-state index is 0.0476. The number of aromatic nitrogens is 3. The molecule has 3 N–H and O–H groups in total. The highest BCUT2D eigenvalue weighted by atomic mass is 32.2. The van der Waals surface area contributed by atoms with Crippen molar-refractivity contribution in [3.63, 3.8) is 0 Å². The number of pyridine rings is 1. The SMILES string of the molecule is Cc1cc(C)c(C(=N)N)c(Sc2cc(C)nn2C)n1. The van der Waals surface area contributed by atoms with Crippen molar-refractivity contribution in [2.75, 3.05) is 0 Å². The second-order valence-corrected chi connectivity index (χ2v) is 5.53. The molecule has 2 aromatic heterocycles. The Labute approximate surface area is 116 Å². The summed E-state index contributed by atoms with van der Waals surface area (Å²) in [5.74, 6) is 0.0476. The third kappa shape index (κ3) is 2.78. The summed E-state index contributed by atoms with van der Waals surface area (Å²) in [5, 5.41) is 13.8. The summed E-state index contributed by atoms with van der Waals surface area (Å²) in [6.07, 6.45) is 0. The van der Waals surface area contributed by atoms with E-state index in [2.05, 4.69) is 10.1 Å². The van der Waals surface area contributed by atoms with Crippen molar-refractivity contribution in [2.45, 2.75) is 30.8 Å². The lowest BCUT2D eigenvalue weighted by atomic mass is 10.1. The van der Waals surface area contributed by atoms with Crippen LogP contribution < -0.4 is 5.73 Å². The predicted molar refractivity (Wildman–Crippen MR) is 76.8 cm³/mol. The largest absolute Gasteiger partial charge is 0.384 e. The summed E-state index contributed by atoms with van der Waals surface area (Å²) in [6.45, 7) is 5.84. The molecule has 0 aromatic carbocycles. The summed E-state index contributed by atoms with van der Waals surface area (Å²) < 4.78 is 1.81. The molecule has 2 heterocycles. The molecule has 0 saturated heterocycles. The number of amidine groups is 1. The molecule has 2 aromatic rings. The van der Waals surface area contributed by atoms with Crippen molar-refractivity contribution in [1.82, 2.24) is 14.8 Å². The van der Waals surface area contributed by atoms with Crippen molar-refractivity contribution in [1.29, 1.82) is 5.41 Å². The van der Waals surface area contributed by atoms with E-state index < -0.39 is 0 Å². The summed E-state index contributed by atoms with van der Waals surface area (Å²) >= 11 is 1.49. The minimum Gasteiger partial charge on any atom is -0.384 e. The first-order valence-corrected chi connectivity index (χ1v) is 6.71. The van der Waals surface area contributed by atoms with E-state index in [0.29, 0.717) is 5.56 Å². The molecule has 19 heavy (non-hydrogen) atoms. The molecule has 0 amide bonds. The highest BCUT2D eigenvalue weighted by Crippen LogP contribution is 2.30. The van der Waals surface area contributed by atoms with Crippen molar-refractivity contribution in [3.8, 4) is 0 Å². The van der Waals surface area contributed by atoms with Crippen molar-refractivity contribution in [2.24, 2.45) is 12.8 Å². The van der Waals surface area contributed by atoms with E-state index >= 15 is 0 Å². The Morgan fingerprint density at radius 2 is 1.95 bits per heavy atom.